The minimum absolute atomic E-state index is 0.0572. The zero-order valence-corrected chi connectivity index (χ0v) is 16.5. The molecule has 6 aliphatic rings. The van der Waals surface area contributed by atoms with E-state index in [0.29, 0.717) is 0 Å². The van der Waals surface area contributed by atoms with Gasteiger partial charge in [0.25, 0.3) is 0 Å². The number of allylic oxidation sites excluding steroid dienone is 1. The Morgan fingerprint density at radius 2 is 1.83 bits per heavy atom. The van der Waals surface area contributed by atoms with Crippen molar-refractivity contribution >= 4 is 11.8 Å². The molecule has 29 heavy (non-hydrogen) atoms. The van der Waals surface area contributed by atoms with Crippen LogP contribution < -0.4 is 0 Å². The molecule has 0 aromatic carbocycles. The number of aliphatic hydroxyl groups excluding tert-OH is 4. The lowest BCUT2D eigenvalue weighted by Gasteiger charge is -2.63. The van der Waals surface area contributed by atoms with E-state index in [0.717, 1.165) is 0 Å². The van der Waals surface area contributed by atoms with Crippen molar-refractivity contribution < 1.29 is 44.6 Å². The number of rotatable bonds is 1. The summed E-state index contributed by atoms with van der Waals surface area (Å²) < 4.78 is 12.1. The van der Waals surface area contributed by atoms with Crippen LogP contribution in [0.5, 0.6) is 0 Å². The highest BCUT2D eigenvalue weighted by atomic mass is 16.6. The Labute approximate surface area is 166 Å². The normalized spacial score (nSPS) is 60.7. The van der Waals surface area contributed by atoms with E-state index < -0.39 is 70.0 Å². The highest BCUT2D eigenvalue weighted by Crippen LogP contribution is 2.73. The van der Waals surface area contributed by atoms with E-state index in [4.69, 9.17) is 9.47 Å². The van der Waals surface area contributed by atoms with Crippen LogP contribution in [0.4, 0.5) is 0 Å². The summed E-state index contributed by atoms with van der Waals surface area (Å²) in [7, 11) is 0. The van der Waals surface area contributed by atoms with E-state index in [1.165, 1.54) is 6.92 Å². The monoisotopic (exact) mass is 410 g/mol. The van der Waals surface area contributed by atoms with Crippen LogP contribution in [0.15, 0.2) is 11.3 Å². The first-order chi connectivity index (χ1) is 13.4. The summed E-state index contributed by atoms with van der Waals surface area (Å²) in [6.07, 6.45) is -2.88. The number of aliphatic hydroxyl groups is 5. The van der Waals surface area contributed by atoms with Gasteiger partial charge in [0.1, 0.15) is 16.9 Å². The highest BCUT2D eigenvalue weighted by Gasteiger charge is 2.90. The second-order valence-corrected chi connectivity index (χ2v) is 9.83. The van der Waals surface area contributed by atoms with Crippen LogP contribution in [0.25, 0.3) is 0 Å². The molecule has 4 bridgehead atoms. The van der Waals surface area contributed by atoms with Crippen LogP contribution in [0.3, 0.4) is 0 Å². The van der Waals surface area contributed by atoms with Crippen molar-refractivity contribution in [2.24, 2.45) is 23.7 Å². The summed E-state index contributed by atoms with van der Waals surface area (Å²) in [6.45, 7) is 4.10. The van der Waals surface area contributed by atoms with E-state index in [2.05, 4.69) is 0 Å². The number of fused-ring (bicyclic) bond motifs is 1. The third-order valence-electron chi connectivity index (χ3n) is 8.29. The number of Topliss-reactive ketones (excluding diaryl/α,β-unsaturated/α-hetero) is 1. The summed E-state index contributed by atoms with van der Waals surface area (Å²) in [5, 5.41) is 54.1. The van der Waals surface area contributed by atoms with E-state index in [-0.39, 0.29) is 30.8 Å². The van der Waals surface area contributed by atoms with Gasteiger partial charge >= 0.3 is 5.97 Å². The van der Waals surface area contributed by atoms with Gasteiger partial charge in [-0.1, -0.05) is 6.92 Å². The molecule has 0 aromatic heterocycles. The lowest BCUT2D eigenvalue weighted by molar-refractivity contribution is -0.348. The summed E-state index contributed by atoms with van der Waals surface area (Å²) in [6, 6.07) is 0. The number of hydrogen-bond donors (Lipinski definition) is 5. The smallest absolute Gasteiger partial charge is 0.341 e. The van der Waals surface area contributed by atoms with Crippen molar-refractivity contribution in [3.63, 3.8) is 0 Å². The van der Waals surface area contributed by atoms with Crippen LogP contribution in [0.1, 0.15) is 33.6 Å². The summed E-state index contributed by atoms with van der Waals surface area (Å²) in [4.78, 5) is 26.5. The van der Waals surface area contributed by atoms with Crippen molar-refractivity contribution in [1.82, 2.24) is 0 Å². The molecule has 5 fully saturated rings. The number of ether oxygens (including phenoxy) is 2. The first kappa shape index (κ1) is 19.4. The van der Waals surface area contributed by atoms with E-state index in [1.54, 1.807) is 13.8 Å². The zero-order chi connectivity index (χ0) is 21.3. The maximum Gasteiger partial charge on any atom is 0.341 e. The van der Waals surface area contributed by atoms with Crippen molar-refractivity contribution in [1.29, 1.82) is 0 Å². The molecule has 3 heterocycles. The SMILES string of the molecule is C[C@H]1C[C@](C)(O)C(=O)[C@@H]2[C@@H](O)[C@H]3[C@H](O)[C@@]4(C)O[C@@]25/C(=C\1O)C(=O)O[C@@]35C[C@@H]4CO. The van der Waals surface area contributed by atoms with Crippen LogP contribution in [-0.2, 0) is 19.1 Å². The van der Waals surface area contributed by atoms with Gasteiger partial charge in [-0.2, -0.15) is 0 Å². The standard InChI is InChI=1S/C20H26O9/c1-7-4-17(2,27)14(24)10-13(23)9-15(25)18(3)8(6-21)5-19(9)20(10,29-18)11(12(7)22)16(26)28-19/h7-10,13,15,21-23,25,27H,4-6H2,1-3H3/b12-11+/t7-,8+,9-,10-,13-,15-,17-,18-,19-,20+/m0/s1. The maximum atomic E-state index is 13.5. The molecular formula is C20H26O9. The van der Waals surface area contributed by atoms with E-state index >= 15 is 0 Å². The Hall–Kier alpha value is -1.52. The summed E-state index contributed by atoms with van der Waals surface area (Å²) >= 11 is 0. The molecule has 6 rings (SSSR count). The zero-order valence-electron chi connectivity index (χ0n) is 16.5. The average Bonchev–Trinajstić information content (AvgIpc) is 2.95. The number of ketones is 1. The first-order valence-electron chi connectivity index (χ1n) is 10.00. The molecule has 0 unspecified atom stereocenters. The van der Waals surface area contributed by atoms with Crippen LogP contribution in [0, 0.1) is 23.7 Å². The lowest BCUT2D eigenvalue weighted by Crippen LogP contribution is -2.77. The van der Waals surface area contributed by atoms with Gasteiger partial charge in [-0.15, -0.1) is 0 Å². The molecule has 9 nitrogen and oxygen atoms in total. The van der Waals surface area contributed by atoms with Crippen LogP contribution in [0.2, 0.25) is 0 Å². The minimum atomic E-state index is -1.89. The highest BCUT2D eigenvalue weighted by molar-refractivity contribution is 6.01. The summed E-state index contributed by atoms with van der Waals surface area (Å²) in [5.74, 6) is -5.74. The van der Waals surface area contributed by atoms with Crippen LogP contribution >= 0.6 is 0 Å². The second-order valence-electron chi connectivity index (χ2n) is 9.83. The molecule has 0 aromatic rings. The molecule has 0 amide bonds. The van der Waals surface area contributed by atoms with Gasteiger partial charge in [0.05, 0.1) is 29.6 Å². The molecule has 3 saturated heterocycles. The molecule has 2 spiro atoms. The van der Waals surface area contributed by atoms with Gasteiger partial charge < -0.3 is 35.0 Å². The molecule has 0 radical (unpaired) electrons. The Kier molecular flexibility index (Phi) is 3.49. The van der Waals surface area contributed by atoms with Gasteiger partial charge in [0, 0.05) is 18.4 Å². The number of esters is 1. The molecular weight excluding hydrogens is 384 g/mol. The van der Waals surface area contributed by atoms with Gasteiger partial charge in [0.2, 0.25) is 0 Å². The first-order valence-corrected chi connectivity index (χ1v) is 10.00. The number of carbonyl (C=O) groups excluding carboxylic acids is 2. The van der Waals surface area contributed by atoms with Gasteiger partial charge in [0.15, 0.2) is 17.0 Å². The fraction of sp³-hybridized carbons (Fsp3) is 0.800. The average molecular weight is 410 g/mol. The minimum Gasteiger partial charge on any atom is -0.511 e. The third kappa shape index (κ3) is 1.78. The Balaban J connectivity index is 1.87. The Bertz CT molecular complexity index is 864. The molecule has 160 valence electrons. The Morgan fingerprint density at radius 1 is 1.17 bits per heavy atom. The Morgan fingerprint density at radius 3 is 2.45 bits per heavy atom. The van der Waals surface area contributed by atoms with Crippen LogP contribution in [-0.4, -0.2) is 78.5 Å². The maximum absolute atomic E-state index is 13.5. The van der Waals surface area contributed by atoms with Gasteiger partial charge in [-0.25, -0.2) is 4.79 Å². The van der Waals surface area contributed by atoms with E-state index in [1.807, 2.05) is 0 Å². The molecule has 5 N–H and O–H groups in total. The molecule has 3 aliphatic heterocycles. The topological polar surface area (TPSA) is 154 Å². The third-order valence-corrected chi connectivity index (χ3v) is 8.29. The van der Waals surface area contributed by atoms with Crippen molar-refractivity contribution in [2.75, 3.05) is 6.61 Å². The predicted octanol–water partition coefficient (Wildman–Crippen LogP) is -1.04. The molecule has 2 saturated carbocycles. The van der Waals surface area contributed by atoms with Gasteiger partial charge in [-0.3, -0.25) is 4.79 Å². The van der Waals surface area contributed by atoms with Crippen molar-refractivity contribution in [3.8, 4) is 0 Å². The quantitative estimate of drug-likeness (QED) is 0.341. The fourth-order valence-electron chi connectivity index (χ4n) is 7.00. The summed E-state index contributed by atoms with van der Waals surface area (Å²) in [5.41, 5.74) is -6.95. The largest absolute Gasteiger partial charge is 0.511 e. The molecule has 3 aliphatic carbocycles. The van der Waals surface area contributed by atoms with Crippen molar-refractivity contribution in [2.45, 2.75) is 68.2 Å². The molecule has 10 atom stereocenters. The second kappa shape index (κ2) is 5.20. The van der Waals surface area contributed by atoms with Gasteiger partial charge in [-0.05, 0) is 26.7 Å². The number of carbonyl (C=O) groups is 2. The fourth-order valence-corrected chi connectivity index (χ4v) is 7.00. The van der Waals surface area contributed by atoms with Crippen molar-refractivity contribution in [3.05, 3.63) is 11.3 Å². The predicted molar refractivity (Wildman–Crippen MR) is 94.3 cm³/mol. The number of hydrogen-bond acceptors (Lipinski definition) is 9. The molecule has 9 heteroatoms. The van der Waals surface area contributed by atoms with E-state index in [9.17, 15) is 35.1 Å². The lowest BCUT2D eigenvalue weighted by atomic mass is 9.55.